The van der Waals surface area contributed by atoms with E-state index in [-0.39, 0.29) is 12.2 Å². The largest absolute Gasteiger partial charge is 0.491 e. The minimum atomic E-state index is -1.01. The van der Waals surface area contributed by atoms with Crippen molar-refractivity contribution in [1.29, 1.82) is 0 Å². The van der Waals surface area contributed by atoms with E-state index in [1.165, 1.54) is 0 Å². The van der Waals surface area contributed by atoms with E-state index in [1.807, 2.05) is 13.0 Å². The van der Waals surface area contributed by atoms with E-state index in [2.05, 4.69) is 13.8 Å². The highest BCUT2D eigenvalue weighted by molar-refractivity contribution is 6.29. The van der Waals surface area contributed by atoms with E-state index in [9.17, 15) is 4.79 Å². The van der Waals surface area contributed by atoms with E-state index >= 15 is 0 Å². The van der Waals surface area contributed by atoms with E-state index in [0.29, 0.717) is 24.0 Å². The van der Waals surface area contributed by atoms with Gasteiger partial charge >= 0.3 is 5.97 Å². The second-order valence-corrected chi connectivity index (χ2v) is 7.83. The first-order valence-corrected chi connectivity index (χ1v) is 8.97. The molecule has 0 radical (unpaired) electrons. The smallest absolute Gasteiger partial charge is 0.341 e. The lowest BCUT2D eigenvalue weighted by Gasteiger charge is -2.21. The standard InChI is InChI=1S/C20H23ClO5/c1-12-6-16(24-11-18(22)23)4-5-17(12)25-10-14-8-15(21)7-13-9-20(2,3)26-19(13)14/h4-6,8,13H,7,9-11H2,1-3H3,(H,22,23). The third-order valence-electron chi connectivity index (χ3n) is 4.48. The van der Waals surface area contributed by atoms with Crippen molar-refractivity contribution in [2.45, 2.75) is 39.2 Å². The summed E-state index contributed by atoms with van der Waals surface area (Å²) in [6.45, 7) is 6.07. The second-order valence-electron chi connectivity index (χ2n) is 7.35. The van der Waals surface area contributed by atoms with Gasteiger partial charge < -0.3 is 19.3 Å². The maximum atomic E-state index is 10.6. The number of fused-ring (bicyclic) bond motifs is 1. The van der Waals surface area contributed by atoms with Gasteiger partial charge in [0.25, 0.3) is 0 Å². The van der Waals surface area contributed by atoms with Gasteiger partial charge in [-0.2, -0.15) is 0 Å². The van der Waals surface area contributed by atoms with Crippen molar-refractivity contribution in [3.05, 3.63) is 46.2 Å². The Hall–Kier alpha value is -2.14. The molecule has 5 nitrogen and oxygen atoms in total. The number of carboxylic acid groups (broad SMARTS) is 1. The third-order valence-corrected chi connectivity index (χ3v) is 4.74. The van der Waals surface area contributed by atoms with E-state index < -0.39 is 5.97 Å². The second kappa shape index (κ2) is 7.23. The quantitative estimate of drug-likeness (QED) is 0.793. The molecule has 1 N–H and O–H groups in total. The number of ether oxygens (including phenoxy) is 3. The summed E-state index contributed by atoms with van der Waals surface area (Å²) in [7, 11) is 0. The number of halogens is 1. The van der Waals surface area contributed by atoms with E-state index in [4.69, 9.17) is 30.9 Å². The Morgan fingerprint density at radius 3 is 2.85 bits per heavy atom. The summed E-state index contributed by atoms with van der Waals surface area (Å²) >= 11 is 6.32. The lowest BCUT2D eigenvalue weighted by atomic mass is 9.89. The van der Waals surface area contributed by atoms with Gasteiger partial charge in [0.05, 0.1) is 0 Å². The molecular weight excluding hydrogens is 356 g/mol. The van der Waals surface area contributed by atoms with Crippen LogP contribution in [0.4, 0.5) is 0 Å². The minimum absolute atomic E-state index is 0.181. The zero-order valence-corrected chi connectivity index (χ0v) is 15.9. The van der Waals surface area contributed by atoms with Gasteiger partial charge in [-0.25, -0.2) is 4.79 Å². The van der Waals surface area contributed by atoms with Gasteiger partial charge in [-0.15, -0.1) is 0 Å². The molecule has 1 aliphatic heterocycles. The molecule has 1 saturated heterocycles. The van der Waals surface area contributed by atoms with Crippen LogP contribution < -0.4 is 9.47 Å². The van der Waals surface area contributed by atoms with Crippen molar-refractivity contribution in [2.24, 2.45) is 5.92 Å². The van der Waals surface area contributed by atoms with Crippen molar-refractivity contribution >= 4 is 17.6 Å². The first-order chi connectivity index (χ1) is 12.2. The van der Waals surface area contributed by atoms with Crippen LogP contribution in [0.2, 0.25) is 0 Å². The van der Waals surface area contributed by atoms with Gasteiger partial charge in [-0.05, 0) is 63.5 Å². The summed E-state index contributed by atoms with van der Waals surface area (Å²) in [5, 5.41) is 9.50. The van der Waals surface area contributed by atoms with Crippen LogP contribution in [-0.2, 0) is 9.53 Å². The average Bonchev–Trinajstić information content (AvgIpc) is 2.85. The van der Waals surface area contributed by atoms with Crippen molar-refractivity contribution < 1.29 is 24.1 Å². The predicted molar refractivity (Wildman–Crippen MR) is 98.7 cm³/mol. The van der Waals surface area contributed by atoms with Crippen LogP contribution in [0.5, 0.6) is 11.5 Å². The zero-order chi connectivity index (χ0) is 18.9. The summed E-state index contributed by atoms with van der Waals surface area (Å²) in [6.07, 6.45) is 3.71. The number of allylic oxidation sites excluding steroid dienone is 2. The van der Waals surface area contributed by atoms with Gasteiger partial charge in [0.2, 0.25) is 0 Å². The molecule has 1 aromatic rings. The van der Waals surface area contributed by atoms with Crippen LogP contribution in [-0.4, -0.2) is 29.9 Å². The molecule has 0 aromatic heterocycles. The first kappa shape index (κ1) is 18.6. The summed E-state index contributed by atoms with van der Waals surface area (Å²) in [5.74, 6) is 1.50. The van der Waals surface area contributed by atoms with E-state index in [1.54, 1.807) is 18.2 Å². The van der Waals surface area contributed by atoms with Crippen LogP contribution in [0.15, 0.2) is 40.6 Å². The maximum Gasteiger partial charge on any atom is 0.341 e. The fourth-order valence-corrected chi connectivity index (χ4v) is 3.76. The summed E-state index contributed by atoms with van der Waals surface area (Å²) < 4.78 is 17.3. The van der Waals surface area contributed by atoms with Crippen molar-refractivity contribution in [3.8, 4) is 11.5 Å². The number of hydrogen-bond acceptors (Lipinski definition) is 4. The summed E-state index contributed by atoms with van der Waals surface area (Å²) in [4.78, 5) is 10.6. The van der Waals surface area contributed by atoms with E-state index in [0.717, 1.165) is 34.8 Å². The highest BCUT2D eigenvalue weighted by Crippen LogP contribution is 2.45. The molecule has 0 saturated carbocycles. The maximum absolute atomic E-state index is 10.6. The Bertz CT molecular complexity index is 778. The van der Waals surface area contributed by atoms with Crippen LogP contribution in [0, 0.1) is 12.8 Å². The van der Waals surface area contributed by atoms with Crippen molar-refractivity contribution in [2.75, 3.05) is 13.2 Å². The van der Waals surface area contributed by atoms with Crippen molar-refractivity contribution in [3.63, 3.8) is 0 Å². The van der Waals surface area contributed by atoms with Crippen LogP contribution >= 0.6 is 11.6 Å². The third kappa shape index (κ3) is 4.33. The Kier molecular flexibility index (Phi) is 5.19. The number of benzene rings is 1. The number of carboxylic acids is 1. The number of aryl methyl sites for hydroxylation is 1. The first-order valence-electron chi connectivity index (χ1n) is 8.60. The molecule has 0 amide bonds. The number of hydrogen-bond donors (Lipinski definition) is 1. The van der Waals surface area contributed by atoms with Gasteiger partial charge in [-0.3, -0.25) is 0 Å². The molecule has 6 heteroatoms. The normalized spacial score (nSPS) is 20.9. The van der Waals surface area contributed by atoms with Gasteiger partial charge in [0.15, 0.2) is 6.61 Å². The molecule has 3 rings (SSSR count). The molecule has 1 fully saturated rings. The Morgan fingerprint density at radius 2 is 2.15 bits per heavy atom. The minimum Gasteiger partial charge on any atom is -0.491 e. The fraction of sp³-hybridized carbons (Fsp3) is 0.450. The highest BCUT2D eigenvalue weighted by Gasteiger charge is 2.40. The highest BCUT2D eigenvalue weighted by atomic mass is 35.5. The molecular formula is C20H23ClO5. The topological polar surface area (TPSA) is 65.0 Å². The number of aliphatic carboxylic acids is 1. The molecule has 1 unspecified atom stereocenters. The fourth-order valence-electron chi connectivity index (χ4n) is 3.44. The Morgan fingerprint density at radius 1 is 1.38 bits per heavy atom. The molecule has 2 aliphatic rings. The van der Waals surface area contributed by atoms with Gasteiger partial charge in [0, 0.05) is 16.5 Å². The monoisotopic (exact) mass is 378 g/mol. The molecule has 1 aromatic carbocycles. The molecule has 26 heavy (non-hydrogen) atoms. The Balaban J connectivity index is 1.71. The van der Waals surface area contributed by atoms with Crippen molar-refractivity contribution in [1.82, 2.24) is 0 Å². The zero-order valence-electron chi connectivity index (χ0n) is 15.2. The lowest BCUT2D eigenvalue weighted by molar-refractivity contribution is -0.139. The van der Waals surface area contributed by atoms with Gasteiger partial charge in [0.1, 0.15) is 29.5 Å². The number of carbonyl (C=O) groups is 1. The number of rotatable bonds is 6. The molecule has 1 aliphatic carbocycles. The Labute approximate surface area is 158 Å². The van der Waals surface area contributed by atoms with Crippen LogP contribution in [0.25, 0.3) is 0 Å². The average molecular weight is 379 g/mol. The molecule has 1 heterocycles. The molecule has 0 bridgehead atoms. The predicted octanol–water partition coefficient (Wildman–Crippen LogP) is 4.43. The lowest BCUT2D eigenvalue weighted by Crippen LogP contribution is -2.16. The van der Waals surface area contributed by atoms with Crippen LogP contribution in [0.3, 0.4) is 0 Å². The summed E-state index contributed by atoms with van der Waals surface area (Å²) in [5.41, 5.74) is 1.66. The van der Waals surface area contributed by atoms with Crippen LogP contribution in [0.1, 0.15) is 32.3 Å². The molecule has 0 spiro atoms. The molecule has 140 valence electrons. The van der Waals surface area contributed by atoms with Gasteiger partial charge in [-0.1, -0.05) is 11.6 Å². The SMILES string of the molecule is Cc1cc(OCC(=O)O)ccc1OCC1=C2OC(C)(C)CC2CC(Cl)=C1. The summed E-state index contributed by atoms with van der Waals surface area (Å²) in [6, 6.07) is 5.24. The molecule has 1 atom stereocenters.